The molecule has 0 nitrogen and oxygen atoms in total. The van der Waals surface area contributed by atoms with E-state index in [0.29, 0.717) is 17.7 Å². The molecule has 3 fully saturated rings. The van der Waals surface area contributed by atoms with Crippen LogP contribution < -0.4 is 0 Å². The molecule has 4 unspecified atom stereocenters. The first-order chi connectivity index (χ1) is 5.32. The molecule has 3 aliphatic rings. The molecule has 0 aromatic heterocycles. The van der Waals surface area contributed by atoms with E-state index in [4.69, 9.17) is 0 Å². The summed E-state index contributed by atoms with van der Waals surface area (Å²) < 4.78 is 1.07. The lowest BCUT2D eigenvalue weighted by Crippen LogP contribution is -2.68. The van der Waals surface area contributed by atoms with Crippen molar-refractivity contribution in [3.05, 3.63) is 12.2 Å². The first kappa shape index (κ1) is 8.50. The number of allylic oxidation sites excluding steroid dienone is 1. The normalized spacial score (nSPS) is 72.2. The summed E-state index contributed by atoms with van der Waals surface area (Å²) in [4.78, 5) is 0. The van der Waals surface area contributed by atoms with Gasteiger partial charge in [0.15, 0.2) is 0 Å². The maximum atomic E-state index is 4.24. The Bertz CT molecular complexity index is 320. The van der Waals surface area contributed by atoms with Gasteiger partial charge in [-0.1, -0.05) is 64.3 Å². The summed E-state index contributed by atoms with van der Waals surface area (Å²) >= 11 is 5.28. The minimum Gasteiger partial charge on any atom is -0.0978 e. The zero-order valence-corrected chi connectivity index (χ0v) is 11.7. The summed E-state index contributed by atoms with van der Waals surface area (Å²) in [6, 6.07) is 0. The first-order valence-electron chi connectivity index (χ1n) is 4.40. The van der Waals surface area contributed by atoms with E-state index in [2.05, 4.69) is 65.6 Å². The zero-order valence-electron chi connectivity index (χ0n) is 7.38. The van der Waals surface area contributed by atoms with Gasteiger partial charge in [-0.25, -0.2) is 0 Å². The number of alkyl halides is 2. The van der Waals surface area contributed by atoms with Crippen molar-refractivity contribution >= 4 is 45.2 Å². The Labute approximate surface area is 101 Å². The highest BCUT2D eigenvalue weighted by Gasteiger charge is 2.95. The summed E-state index contributed by atoms with van der Waals surface area (Å²) in [5.41, 5.74) is 2.71. The third-order valence-corrected chi connectivity index (χ3v) is 8.42. The molecule has 12 heavy (non-hydrogen) atoms. The van der Waals surface area contributed by atoms with Crippen molar-refractivity contribution in [1.82, 2.24) is 0 Å². The topological polar surface area (TPSA) is 0 Å². The van der Waals surface area contributed by atoms with Crippen LogP contribution in [0.25, 0.3) is 0 Å². The second kappa shape index (κ2) is 1.68. The Hall–Kier alpha value is 1.20. The lowest BCUT2D eigenvalue weighted by Gasteiger charge is -2.68. The predicted octanol–water partition coefficient (Wildman–Crippen LogP) is 3.72. The molecule has 0 amide bonds. The van der Waals surface area contributed by atoms with Crippen LogP contribution in [0.3, 0.4) is 0 Å². The third-order valence-electron chi connectivity index (χ3n) is 4.89. The highest BCUT2D eigenvalue weighted by molar-refractivity contribution is 14.1. The molecule has 3 saturated carbocycles. The summed E-state index contributed by atoms with van der Waals surface area (Å²) in [6.07, 6.45) is 2.75. The quantitative estimate of drug-likeness (QED) is 0.338. The molecular weight excluding hydrogens is 374 g/mol. The van der Waals surface area contributed by atoms with Crippen LogP contribution in [0.5, 0.6) is 0 Å². The van der Waals surface area contributed by atoms with E-state index in [1.165, 1.54) is 12.8 Å². The van der Waals surface area contributed by atoms with E-state index in [1.807, 2.05) is 0 Å². The molecule has 0 bridgehead atoms. The Balaban J connectivity index is 2.09. The molecule has 4 atom stereocenters. The smallest absolute Gasteiger partial charge is 0.0539 e. The molecule has 2 heteroatoms. The van der Waals surface area contributed by atoms with Gasteiger partial charge >= 0.3 is 0 Å². The molecule has 0 aromatic rings. The van der Waals surface area contributed by atoms with E-state index in [9.17, 15) is 0 Å². The molecule has 3 rings (SSSR count). The Morgan fingerprint density at radius 2 is 1.83 bits per heavy atom. The average molecular weight is 386 g/mol. The van der Waals surface area contributed by atoms with Crippen molar-refractivity contribution in [3.8, 4) is 0 Å². The summed E-state index contributed by atoms with van der Waals surface area (Å²) in [5.74, 6) is 0. The SMILES string of the molecule is C=C1C2(I)CC3(C)C(C)(I)CC123. The number of hydrogen-bond donors (Lipinski definition) is 0. The Kier molecular flexibility index (Phi) is 1.19. The Morgan fingerprint density at radius 3 is 1.92 bits per heavy atom. The molecule has 0 aliphatic heterocycles. The Morgan fingerprint density at radius 1 is 1.25 bits per heavy atom. The van der Waals surface area contributed by atoms with Gasteiger partial charge in [0.25, 0.3) is 0 Å². The number of halogens is 2. The van der Waals surface area contributed by atoms with Crippen molar-refractivity contribution in [3.63, 3.8) is 0 Å². The van der Waals surface area contributed by atoms with E-state index in [-0.39, 0.29) is 0 Å². The van der Waals surface area contributed by atoms with Crippen LogP contribution in [0.4, 0.5) is 0 Å². The van der Waals surface area contributed by atoms with E-state index in [1.54, 1.807) is 5.57 Å². The monoisotopic (exact) mass is 386 g/mol. The summed E-state index contributed by atoms with van der Waals surface area (Å²) in [6.45, 7) is 9.10. The van der Waals surface area contributed by atoms with Crippen molar-refractivity contribution in [1.29, 1.82) is 0 Å². The molecule has 0 heterocycles. The van der Waals surface area contributed by atoms with Gasteiger partial charge in [-0.2, -0.15) is 0 Å². The van der Waals surface area contributed by atoms with Crippen molar-refractivity contribution in [2.45, 2.75) is 33.5 Å². The van der Waals surface area contributed by atoms with Gasteiger partial charge in [-0.3, -0.25) is 0 Å². The molecule has 66 valence electrons. The van der Waals surface area contributed by atoms with Crippen LogP contribution in [0, 0.1) is 10.8 Å². The van der Waals surface area contributed by atoms with Gasteiger partial charge in [-0.05, 0) is 25.2 Å². The van der Waals surface area contributed by atoms with Gasteiger partial charge in [-0.15, -0.1) is 0 Å². The number of hydrogen-bond acceptors (Lipinski definition) is 0. The standard InChI is InChI=1S/C10H12I2/c1-6-9-5-8(3,11)7(9,2)4-10(6,9)12/h1,4-5H2,2-3H3. The predicted molar refractivity (Wildman–Crippen MR) is 68.1 cm³/mol. The summed E-state index contributed by atoms with van der Waals surface area (Å²) in [5, 5.41) is 0. The molecule has 0 saturated heterocycles. The van der Waals surface area contributed by atoms with Crippen molar-refractivity contribution < 1.29 is 0 Å². The average Bonchev–Trinajstić information content (AvgIpc) is 2.33. The fourth-order valence-corrected chi connectivity index (χ4v) is 7.19. The molecule has 3 aliphatic carbocycles. The van der Waals surface area contributed by atoms with E-state index >= 15 is 0 Å². The first-order valence-corrected chi connectivity index (χ1v) is 6.55. The maximum Gasteiger partial charge on any atom is 0.0539 e. The largest absolute Gasteiger partial charge is 0.0978 e. The molecular formula is C10H12I2. The van der Waals surface area contributed by atoms with Crippen LogP contribution in [0.2, 0.25) is 0 Å². The van der Waals surface area contributed by atoms with Crippen LogP contribution in [0.1, 0.15) is 26.7 Å². The minimum absolute atomic E-state index is 0.532. The second-order valence-corrected chi connectivity index (χ2v) is 9.29. The lowest BCUT2D eigenvalue weighted by atomic mass is 9.42. The van der Waals surface area contributed by atoms with Gasteiger partial charge < -0.3 is 0 Å². The highest BCUT2D eigenvalue weighted by atomic mass is 127. The fourth-order valence-electron chi connectivity index (χ4n) is 3.77. The fraction of sp³-hybridized carbons (Fsp3) is 0.800. The highest BCUT2D eigenvalue weighted by Crippen LogP contribution is 2.97. The van der Waals surface area contributed by atoms with E-state index < -0.39 is 0 Å². The van der Waals surface area contributed by atoms with Gasteiger partial charge in [0, 0.05) is 8.84 Å². The molecule has 0 radical (unpaired) electrons. The third kappa shape index (κ3) is 0.462. The van der Waals surface area contributed by atoms with Crippen LogP contribution >= 0.6 is 45.2 Å². The van der Waals surface area contributed by atoms with Crippen LogP contribution in [0.15, 0.2) is 12.2 Å². The summed E-state index contributed by atoms with van der Waals surface area (Å²) in [7, 11) is 0. The zero-order chi connectivity index (χ0) is 8.99. The van der Waals surface area contributed by atoms with Gasteiger partial charge in [0.2, 0.25) is 0 Å². The maximum absolute atomic E-state index is 4.24. The van der Waals surface area contributed by atoms with Gasteiger partial charge in [0.05, 0.1) is 3.42 Å². The van der Waals surface area contributed by atoms with Crippen molar-refractivity contribution in [2.24, 2.45) is 10.8 Å². The molecule has 1 spiro atoms. The molecule has 0 N–H and O–H groups in total. The van der Waals surface area contributed by atoms with Crippen molar-refractivity contribution in [2.75, 3.05) is 0 Å². The minimum atomic E-state index is 0.532. The van der Waals surface area contributed by atoms with E-state index in [0.717, 1.165) is 0 Å². The molecule has 0 aromatic carbocycles. The lowest BCUT2D eigenvalue weighted by molar-refractivity contribution is -0.0814. The van der Waals surface area contributed by atoms with Crippen LogP contribution in [-0.2, 0) is 0 Å². The van der Waals surface area contributed by atoms with Crippen LogP contribution in [-0.4, -0.2) is 6.84 Å². The number of rotatable bonds is 0. The van der Waals surface area contributed by atoms with Gasteiger partial charge in [0.1, 0.15) is 0 Å². The second-order valence-electron chi connectivity index (χ2n) is 5.07.